The van der Waals surface area contributed by atoms with Gasteiger partial charge in [-0.2, -0.15) is 0 Å². The summed E-state index contributed by atoms with van der Waals surface area (Å²) in [4.78, 5) is 0. The van der Waals surface area contributed by atoms with Gasteiger partial charge in [0.1, 0.15) is 0 Å². The topological polar surface area (TPSA) is 12.0 Å². The van der Waals surface area contributed by atoms with Crippen LogP contribution in [-0.4, -0.2) is 6.54 Å². The normalized spacial score (nSPS) is 12.4. The van der Waals surface area contributed by atoms with Crippen molar-refractivity contribution < 1.29 is 0 Å². The van der Waals surface area contributed by atoms with E-state index in [2.05, 4.69) is 47.2 Å². The molecule has 1 unspecified atom stereocenters. The SMILES string of the molecule is CCCNC(c1cccc(Br)c1C)c1cccc(Cl)c1Cl. The highest BCUT2D eigenvalue weighted by molar-refractivity contribution is 9.10. The Kier molecular flexibility index (Phi) is 6.12. The Bertz CT molecular complexity index is 577. The second kappa shape index (κ2) is 7.64. The number of hydrogen-bond acceptors (Lipinski definition) is 1. The first-order chi connectivity index (χ1) is 10.1. The molecule has 0 heterocycles. The van der Waals surface area contributed by atoms with Crippen molar-refractivity contribution in [3.05, 3.63) is 67.6 Å². The molecule has 2 rings (SSSR count). The van der Waals surface area contributed by atoms with Crippen molar-refractivity contribution in [2.45, 2.75) is 26.3 Å². The van der Waals surface area contributed by atoms with E-state index in [1.54, 1.807) is 0 Å². The Labute approximate surface area is 144 Å². The molecule has 0 radical (unpaired) electrons. The van der Waals surface area contributed by atoms with E-state index in [0.29, 0.717) is 10.0 Å². The van der Waals surface area contributed by atoms with Crippen LogP contribution in [-0.2, 0) is 0 Å². The molecule has 21 heavy (non-hydrogen) atoms. The van der Waals surface area contributed by atoms with Crippen molar-refractivity contribution in [1.29, 1.82) is 0 Å². The number of rotatable bonds is 5. The molecule has 1 nitrogen and oxygen atoms in total. The van der Waals surface area contributed by atoms with Gasteiger partial charge in [0.2, 0.25) is 0 Å². The molecule has 4 heteroatoms. The zero-order valence-corrected chi connectivity index (χ0v) is 15.2. The van der Waals surface area contributed by atoms with Gasteiger partial charge in [0.15, 0.2) is 0 Å². The second-order valence-electron chi connectivity index (χ2n) is 4.98. The maximum absolute atomic E-state index is 6.43. The van der Waals surface area contributed by atoms with Gasteiger partial charge in [0, 0.05) is 4.47 Å². The lowest BCUT2D eigenvalue weighted by Crippen LogP contribution is -2.24. The Morgan fingerprint density at radius 2 is 1.76 bits per heavy atom. The molecule has 0 saturated carbocycles. The van der Waals surface area contributed by atoms with Crippen molar-refractivity contribution in [1.82, 2.24) is 5.32 Å². The van der Waals surface area contributed by atoms with Gasteiger partial charge in [-0.05, 0) is 48.7 Å². The van der Waals surface area contributed by atoms with Gasteiger partial charge in [0.05, 0.1) is 16.1 Å². The molecule has 0 bridgehead atoms. The average Bonchev–Trinajstić information content (AvgIpc) is 2.47. The third-order valence-corrected chi connectivity index (χ3v) is 5.20. The minimum Gasteiger partial charge on any atom is -0.306 e. The number of hydrogen-bond donors (Lipinski definition) is 1. The van der Waals surface area contributed by atoms with Gasteiger partial charge in [-0.25, -0.2) is 0 Å². The van der Waals surface area contributed by atoms with Gasteiger partial charge in [-0.15, -0.1) is 0 Å². The maximum Gasteiger partial charge on any atom is 0.0643 e. The summed E-state index contributed by atoms with van der Waals surface area (Å²) in [5, 5.41) is 4.78. The van der Waals surface area contributed by atoms with Crippen molar-refractivity contribution in [2.24, 2.45) is 0 Å². The highest BCUT2D eigenvalue weighted by Crippen LogP contribution is 2.35. The summed E-state index contributed by atoms with van der Waals surface area (Å²) in [6.45, 7) is 5.18. The van der Waals surface area contributed by atoms with E-state index < -0.39 is 0 Å². The van der Waals surface area contributed by atoms with Crippen molar-refractivity contribution in [3.63, 3.8) is 0 Å². The zero-order valence-electron chi connectivity index (χ0n) is 12.1. The van der Waals surface area contributed by atoms with E-state index in [1.165, 1.54) is 11.1 Å². The first-order valence-electron chi connectivity index (χ1n) is 6.98. The van der Waals surface area contributed by atoms with Crippen molar-refractivity contribution in [3.8, 4) is 0 Å². The zero-order chi connectivity index (χ0) is 15.4. The molecule has 0 spiro atoms. The third kappa shape index (κ3) is 3.81. The van der Waals surface area contributed by atoms with Crippen LogP contribution in [0, 0.1) is 6.92 Å². The largest absolute Gasteiger partial charge is 0.306 e. The number of benzene rings is 2. The summed E-state index contributed by atoms with van der Waals surface area (Å²) in [6.07, 6.45) is 1.06. The molecular weight excluding hydrogens is 369 g/mol. The molecule has 0 aliphatic carbocycles. The molecule has 1 atom stereocenters. The maximum atomic E-state index is 6.43. The van der Waals surface area contributed by atoms with Crippen LogP contribution in [0.4, 0.5) is 0 Å². The van der Waals surface area contributed by atoms with Gasteiger partial charge in [-0.1, -0.05) is 70.3 Å². The molecule has 0 aliphatic rings. The lowest BCUT2D eigenvalue weighted by atomic mass is 9.95. The summed E-state index contributed by atoms with van der Waals surface area (Å²) in [5.74, 6) is 0. The Hall–Kier alpha value is -0.540. The van der Waals surface area contributed by atoms with Crippen LogP contribution in [0.25, 0.3) is 0 Å². The van der Waals surface area contributed by atoms with E-state index in [0.717, 1.165) is 23.0 Å². The van der Waals surface area contributed by atoms with Crippen LogP contribution in [0.1, 0.15) is 36.1 Å². The molecule has 1 N–H and O–H groups in total. The fourth-order valence-electron chi connectivity index (χ4n) is 2.36. The van der Waals surface area contributed by atoms with Crippen LogP contribution >= 0.6 is 39.1 Å². The predicted octanol–water partition coefficient (Wildman–Crippen LogP) is 6.15. The molecule has 0 aliphatic heterocycles. The Balaban J connectivity index is 2.52. The summed E-state index contributed by atoms with van der Waals surface area (Å²) in [7, 11) is 0. The predicted molar refractivity (Wildman–Crippen MR) is 95.5 cm³/mol. The Morgan fingerprint density at radius 3 is 2.48 bits per heavy atom. The van der Waals surface area contributed by atoms with E-state index >= 15 is 0 Å². The number of halogens is 3. The van der Waals surface area contributed by atoms with Crippen LogP contribution in [0.15, 0.2) is 40.9 Å². The summed E-state index contributed by atoms with van der Waals surface area (Å²) < 4.78 is 1.10. The van der Waals surface area contributed by atoms with Crippen LogP contribution in [0.5, 0.6) is 0 Å². The lowest BCUT2D eigenvalue weighted by Gasteiger charge is -2.23. The molecule has 0 aromatic heterocycles. The van der Waals surface area contributed by atoms with E-state index in [4.69, 9.17) is 23.2 Å². The smallest absolute Gasteiger partial charge is 0.0643 e. The van der Waals surface area contributed by atoms with Gasteiger partial charge in [0.25, 0.3) is 0 Å². The minimum atomic E-state index is 0.0358. The molecule has 2 aromatic carbocycles. The molecule has 0 fully saturated rings. The second-order valence-corrected chi connectivity index (χ2v) is 6.62. The standard InChI is InChI=1S/C17H18BrCl2N/c1-3-10-21-17(12-6-4-8-14(18)11(12)2)13-7-5-9-15(19)16(13)20/h4-9,17,21H,3,10H2,1-2H3. The highest BCUT2D eigenvalue weighted by Gasteiger charge is 2.20. The summed E-state index contributed by atoms with van der Waals surface area (Å²) >= 11 is 16.2. The fraction of sp³-hybridized carbons (Fsp3) is 0.294. The fourth-order valence-corrected chi connectivity index (χ4v) is 3.15. The third-order valence-electron chi connectivity index (χ3n) is 3.51. The van der Waals surface area contributed by atoms with Crippen molar-refractivity contribution in [2.75, 3.05) is 6.54 Å². The van der Waals surface area contributed by atoms with Crippen LogP contribution < -0.4 is 5.32 Å². The molecular formula is C17H18BrCl2N. The molecule has 112 valence electrons. The van der Waals surface area contributed by atoms with E-state index in [-0.39, 0.29) is 6.04 Å². The number of nitrogens with one attached hydrogen (secondary N) is 1. The first-order valence-corrected chi connectivity index (χ1v) is 8.53. The van der Waals surface area contributed by atoms with Gasteiger partial charge in [-0.3, -0.25) is 0 Å². The minimum absolute atomic E-state index is 0.0358. The quantitative estimate of drug-likeness (QED) is 0.649. The summed E-state index contributed by atoms with van der Waals surface area (Å²) in [5.41, 5.74) is 3.43. The van der Waals surface area contributed by atoms with Gasteiger partial charge < -0.3 is 5.32 Å². The van der Waals surface area contributed by atoms with Crippen LogP contribution in [0.2, 0.25) is 10.0 Å². The van der Waals surface area contributed by atoms with E-state index in [1.807, 2.05) is 24.3 Å². The van der Waals surface area contributed by atoms with Crippen LogP contribution in [0.3, 0.4) is 0 Å². The first kappa shape index (κ1) is 16.8. The molecule has 0 amide bonds. The molecule has 0 saturated heterocycles. The lowest BCUT2D eigenvalue weighted by molar-refractivity contribution is 0.596. The Morgan fingerprint density at radius 1 is 1.10 bits per heavy atom. The van der Waals surface area contributed by atoms with E-state index in [9.17, 15) is 0 Å². The molecule has 2 aromatic rings. The monoisotopic (exact) mass is 385 g/mol. The van der Waals surface area contributed by atoms with Crippen molar-refractivity contribution >= 4 is 39.1 Å². The highest BCUT2D eigenvalue weighted by atomic mass is 79.9. The summed E-state index contributed by atoms with van der Waals surface area (Å²) in [6, 6.07) is 12.1. The van der Waals surface area contributed by atoms with Gasteiger partial charge >= 0.3 is 0 Å². The average molecular weight is 387 g/mol.